The Labute approximate surface area is 172 Å². The largest absolute Gasteiger partial charge is 0.383 e. The molecule has 1 unspecified atom stereocenters. The highest BCUT2D eigenvalue weighted by atomic mass is 16.5. The lowest BCUT2D eigenvalue weighted by Crippen LogP contribution is -2.22. The number of nitrogens with one attached hydrogen (secondary N) is 2. The first-order chi connectivity index (χ1) is 14.6. The van der Waals surface area contributed by atoms with E-state index >= 15 is 0 Å². The molecule has 0 saturated heterocycles. The van der Waals surface area contributed by atoms with Gasteiger partial charge in [0.15, 0.2) is 0 Å². The van der Waals surface area contributed by atoms with Crippen molar-refractivity contribution in [3.8, 4) is 22.3 Å². The summed E-state index contributed by atoms with van der Waals surface area (Å²) in [7, 11) is 3.59. The Kier molecular flexibility index (Phi) is 4.44. The van der Waals surface area contributed by atoms with Crippen molar-refractivity contribution in [3.05, 3.63) is 49.3 Å². The van der Waals surface area contributed by atoms with Crippen molar-refractivity contribution in [1.82, 2.24) is 34.3 Å². The van der Waals surface area contributed by atoms with Crippen LogP contribution in [-0.4, -0.2) is 54.1 Å². The van der Waals surface area contributed by atoms with Gasteiger partial charge in [0.2, 0.25) is 5.95 Å². The fraction of sp³-hybridized carbons (Fsp3) is 0.238. The summed E-state index contributed by atoms with van der Waals surface area (Å²) in [6.07, 6.45) is 11.5. The van der Waals surface area contributed by atoms with Crippen LogP contribution in [-0.2, 0) is 11.8 Å². The van der Waals surface area contributed by atoms with Crippen LogP contribution >= 0.6 is 0 Å². The third-order valence-corrected chi connectivity index (χ3v) is 5.07. The number of fused-ring (bicyclic) bond motifs is 2. The molecule has 9 heteroatoms. The van der Waals surface area contributed by atoms with E-state index in [0.717, 1.165) is 38.8 Å². The third-order valence-electron chi connectivity index (χ3n) is 5.07. The van der Waals surface area contributed by atoms with Gasteiger partial charge in [-0.15, -0.1) is 0 Å². The SMILES string of the molecule is COCC(C)Nc1ncc2c(-c3ccn4ncc(-c5cnn(C)c5)c4c3)c[nH]c2n1. The molecule has 0 bridgehead atoms. The maximum Gasteiger partial charge on any atom is 0.224 e. The fourth-order valence-corrected chi connectivity index (χ4v) is 3.66. The van der Waals surface area contributed by atoms with Crippen LogP contribution in [0.1, 0.15) is 6.92 Å². The molecule has 152 valence electrons. The normalized spacial score (nSPS) is 12.6. The fourth-order valence-electron chi connectivity index (χ4n) is 3.66. The van der Waals surface area contributed by atoms with Crippen LogP contribution in [0.4, 0.5) is 5.95 Å². The maximum absolute atomic E-state index is 5.16. The van der Waals surface area contributed by atoms with E-state index in [1.54, 1.807) is 11.8 Å². The molecule has 0 spiro atoms. The predicted molar refractivity (Wildman–Crippen MR) is 115 cm³/mol. The second-order valence-corrected chi connectivity index (χ2v) is 7.37. The number of hydrogen-bond acceptors (Lipinski definition) is 6. The van der Waals surface area contributed by atoms with Gasteiger partial charge in [0.05, 0.1) is 24.5 Å². The van der Waals surface area contributed by atoms with Crippen molar-refractivity contribution in [3.63, 3.8) is 0 Å². The minimum Gasteiger partial charge on any atom is -0.383 e. The minimum atomic E-state index is 0.122. The van der Waals surface area contributed by atoms with E-state index in [1.807, 2.05) is 61.7 Å². The Morgan fingerprint density at radius 1 is 1.17 bits per heavy atom. The topological polar surface area (TPSA) is 98.0 Å². The Hall–Kier alpha value is -3.72. The van der Waals surface area contributed by atoms with Gasteiger partial charge >= 0.3 is 0 Å². The van der Waals surface area contributed by atoms with Crippen LogP contribution in [0.15, 0.2) is 49.3 Å². The number of methoxy groups -OCH3 is 1. The molecule has 0 radical (unpaired) electrons. The van der Waals surface area contributed by atoms with Crippen LogP contribution in [0.3, 0.4) is 0 Å². The molecule has 5 aromatic rings. The summed E-state index contributed by atoms with van der Waals surface area (Å²) < 4.78 is 8.82. The number of pyridine rings is 1. The van der Waals surface area contributed by atoms with Gasteiger partial charge in [0.1, 0.15) is 5.65 Å². The van der Waals surface area contributed by atoms with Crippen molar-refractivity contribution >= 4 is 22.5 Å². The van der Waals surface area contributed by atoms with E-state index in [-0.39, 0.29) is 6.04 Å². The smallest absolute Gasteiger partial charge is 0.224 e. The van der Waals surface area contributed by atoms with Crippen LogP contribution in [0, 0.1) is 0 Å². The Bertz CT molecular complexity index is 1330. The Morgan fingerprint density at radius 2 is 2.07 bits per heavy atom. The zero-order chi connectivity index (χ0) is 20.7. The average Bonchev–Trinajstić information content (AvgIpc) is 3.45. The molecule has 0 aliphatic rings. The third kappa shape index (κ3) is 3.18. The monoisotopic (exact) mass is 402 g/mol. The van der Waals surface area contributed by atoms with Gasteiger partial charge in [0, 0.05) is 67.1 Å². The zero-order valence-corrected chi connectivity index (χ0v) is 17.0. The number of nitrogens with zero attached hydrogens (tertiary/aromatic N) is 6. The van der Waals surface area contributed by atoms with Crippen molar-refractivity contribution in [2.24, 2.45) is 7.05 Å². The lowest BCUT2D eigenvalue weighted by atomic mass is 10.1. The van der Waals surface area contributed by atoms with E-state index in [1.165, 1.54) is 0 Å². The van der Waals surface area contributed by atoms with Crippen LogP contribution in [0.25, 0.3) is 38.8 Å². The molecule has 9 nitrogen and oxygen atoms in total. The lowest BCUT2D eigenvalue weighted by Gasteiger charge is -2.12. The van der Waals surface area contributed by atoms with Crippen LogP contribution < -0.4 is 5.32 Å². The molecular formula is C21H22N8O. The number of anilines is 1. The molecule has 0 amide bonds. The summed E-state index contributed by atoms with van der Waals surface area (Å²) in [5, 5.41) is 13.0. The summed E-state index contributed by atoms with van der Waals surface area (Å²) in [4.78, 5) is 12.3. The molecule has 2 N–H and O–H groups in total. The molecule has 0 saturated carbocycles. The lowest BCUT2D eigenvalue weighted by molar-refractivity contribution is 0.190. The van der Waals surface area contributed by atoms with Crippen LogP contribution in [0.5, 0.6) is 0 Å². The number of aromatic nitrogens is 7. The summed E-state index contributed by atoms with van der Waals surface area (Å²) in [6, 6.07) is 4.30. The first-order valence-electron chi connectivity index (χ1n) is 9.69. The van der Waals surface area contributed by atoms with Gasteiger partial charge in [-0.05, 0) is 24.6 Å². The second kappa shape index (κ2) is 7.27. The Morgan fingerprint density at radius 3 is 2.87 bits per heavy atom. The number of aryl methyl sites for hydroxylation is 1. The highest BCUT2D eigenvalue weighted by molar-refractivity contribution is 5.95. The van der Waals surface area contributed by atoms with Crippen LogP contribution in [0.2, 0.25) is 0 Å². The Balaban J connectivity index is 1.53. The number of hydrogen-bond donors (Lipinski definition) is 2. The van der Waals surface area contributed by atoms with Crippen molar-refractivity contribution in [2.75, 3.05) is 19.0 Å². The second-order valence-electron chi connectivity index (χ2n) is 7.37. The molecule has 1 atom stereocenters. The summed E-state index contributed by atoms with van der Waals surface area (Å²) in [5.41, 5.74) is 5.99. The van der Waals surface area contributed by atoms with Crippen molar-refractivity contribution in [1.29, 1.82) is 0 Å². The van der Waals surface area contributed by atoms with E-state index in [0.29, 0.717) is 12.6 Å². The first-order valence-corrected chi connectivity index (χ1v) is 9.69. The van der Waals surface area contributed by atoms with Gasteiger partial charge in [-0.25, -0.2) is 9.50 Å². The van der Waals surface area contributed by atoms with Gasteiger partial charge in [-0.1, -0.05) is 0 Å². The highest BCUT2D eigenvalue weighted by Gasteiger charge is 2.13. The zero-order valence-electron chi connectivity index (χ0n) is 17.0. The van der Waals surface area contributed by atoms with Gasteiger partial charge in [-0.2, -0.15) is 15.2 Å². The number of rotatable bonds is 6. The van der Waals surface area contributed by atoms with Crippen molar-refractivity contribution in [2.45, 2.75) is 13.0 Å². The highest BCUT2D eigenvalue weighted by Crippen LogP contribution is 2.31. The predicted octanol–water partition coefficient (Wildman–Crippen LogP) is 3.12. The molecular weight excluding hydrogens is 380 g/mol. The minimum absolute atomic E-state index is 0.122. The number of H-pyrrole nitrogens is 1. The molecule has 5 heterocycles. The summed E-state index contributed by atoms with van der Waals surface area (Å²) in [6.45, 7) is 2.61. The van der Waals surface area contributed by atoms with E-state index < -0.39 is 0 Å². The van der Waals surface area contributed by atoms with E-state index in [2.05, 4.69) is 36.5 Å². The molecule has 30 heavy (non-hydrogen) atoms. The molecule has 0 aliphatic carbocycles. The summed E-state index contributed by atoms with van der Waals surface area (Å²) in [5.74, 6) is 0.575. The molecule has 0 fully saturated rings. The van der Waals surface area contributed by atoms with Gasteiger partial charge in [-0.3, -0.25) is 4.68 Å². The quantitative estimate of drug-likeness (QED) is 0.453. The maximum atomic E-state index is 5.16. The standard InChI is InChI=1S/C21H22N8O/c1-13(12-30-3)26-21-23-9-18-16(8-22-20(18)27-21)14-4-5-29-19(6-14)17(10-25-29)15-7-24-28(2)11-15/h4-11,13H,12H2,1-3H3,(H2,22,23,26,27). The summed E-state index contributed by atoms with van der Waals surface area (Å²) >= 11 is 0. The van der Waals surface area contributed by atoms with Crippen molar-refractivity contribution < 1.29 is 4.74 Å². The average molecular weight is 402 g/mol. The molecule has 5 aromatic heterocycles. The van der Waals surface area contributed by atoms with E-state index in [9.17, 15) is 0 Å². The van der Waals surface area contributed by atoms with Gasteiger partial charge < -0.3 is 15.0 Å². The molecule has 0 aromatic carbocycles. The molecule has 5 rings (SSSR count). The number of ether oxygens (including phenoxy) is 1. The van der Waals surface area contributed by atoms with E-state index in [4.69, 9.17) is 4.74 Å². The number of aromatic amines is 1. The first kappa shape index (κ1) is 18.3. The van der Waals surface area contributed by atoms with Gasteiger partial charge in [0.25, 0.3) is 0 Å². The molecule has 0 aliphatic heterocycles.